The normalized spacial score (nSPS) is 15.0. The molecule has 0 bridgehead atoms. The molecule has 1 fully saturated rings. The van der Waals surface area contributed by atoms with E-state index in [0.717, 1.165) is 16.8 Å². The Kier molecular flexibility index (Phi) is 6.72. The number of halogens is 2. The quantitative estimate of drug-likeness (QED) is 0.395. The monoisotopic (exact) mass is 491 g/mol. The van der Waals surface area contributed by atoms with Gasteiger partial charge in [0.05, 0.1) is 16.8 Å². The van der Waals surface area contributed by atoms with Crippen molar-refractivity contribution in [3.63, 3.8) is 0 Å². The number of rotatable bonds is 4. The second-order valence-electron chi connectivity index (χ2n) is 8.49. The van der Waals surface area contributed by atoms with Gasteiger partial charge in [-0.2, -0.15) is 5.26 Å². The SMILES string of the molecule is CN(C)C(=O)c1ccc(-c2cc3nccc(-c4ccc(N5CCC(F)C5)c(C#N)c4)c3o2)nc1.Cl. The summed E-state index contributed by atoms with van der Waals surface area (Å²) in [5, 5.41) is 9.74. The van der Waals surface area contributed by atoms with Gasteiger partial charge in [0.2, 0.25) is 0 Å². The number of pyridine rings is 2. The minimum Gasteiger partial charge on any atom is -0.452 e. The van der Waals surface area contributed by atoms with E-state index in [1.807, 2.05) is 23.1 Å². The number of benzene rings is 1. The summed E-state index contributed by atoms with van der Waals surface area (Å²) in [6.45, 7) is 0.906. The molecule has 4 heterocycles. The standard InChI is InChI=1S/C26H22FN5O2.ClH/c1-31(2)26(33)17-3-5-21(30-14-17)24-12-22-25(34-24)20(7-9-29-22)16-4-6-23(18(11-16)13-28)32-10-8-19(27)15-32;/h3-7,9,11-12,14,19H,8,10,15H2,1-2H3;1H. The van der Waals surface area contributed by atoms with E-state index in [1.165, 1.54) is 11.1 Å². The van der Waals surface area contributed by atoms with Crippen LogP contribution < -0.4 is 4.90 Å². The van der Waals surface area contributed by atoms with Crippen molar-refractivity contribution in [3.8, 4) is 28.7 Å². The third kappa shape index (κ3) is 4.55. The van der Waals surface area contributed by atoms with E-state index in [2.05, 4.69) is 16.0 Å². The molecule has 1 aliphatic rings. The lowest BCUT2D eigenvalue weighted by Crippen LogP contribution is -2.21. The lowest BCUT2D eigenvalue weighted by Gasteiger charge is -2.19. The predicted octanol–water partition coefficient (Wildman–Crippen LogP) is 5.10. The number of hydrogen-bond acceptors (Lipinski definition) is 6. The number of carbonyl (C=O) groups is 1. The van der Waals surface area contributed by atoms with Crippen LogP contribution in [0.5, 0.6) is 0 Å². The van der Waals surface area contributed by atoms with Crippen molar-refractivity contribution >= 4 is 35.1 Å². The van der Waals surface area contributed by atoms with Crippen LogP contribution in [0.1, 0.15) is 22.3 Å². The number of fused-ring (bicyclic) bond motifs is 1. The zero-order valence-electron chi connectivity index (χ0n) is 19.2. The Labute approximate surface area is 208 Å². The highest BCUT2D eigenvalue weighted by Crippen LogP contribution is 2.35. The second-order valence-corrected chi connectivity index (χ2v) is 8.49. The van der Waals surface area contributed by atoms with Crippen LogP contribution in [-0.4, -0.2) is 54.1 Å². The van der Waals surface area contributed by atoms with Crippen LogP contribution in [0.2, 0.25) is 0 Å². The summed E-state index contributed by atoms with van der Waals surface area (Å²) < 4.78 is 19.8. The van der Waals surface area contributed by atoms with Crippen LogP contribution in [0.25, 0.3) is 33.7 Å². The first-order valence-corrected chi connectivity index (χ1v) is 10.9. The fourth-order valence-corrected chi connectivity index (χ4v) is 4.22. The van der Waals surface area contributed by atoms with Crippen LogP contribution in [0.4, 0.5) is 10.1 Å². The predicted molar refractivity (Wildman–Crippen MR) is 134 cm³/mol. The lowest BCUT2D eigenvalue weighted by atomic mass is 10.0. The molecule has 0 N–H and O–H groups in total. The molecule has 1 unspecified atom stereocenters. The minimum atomic E-state index is -0.865. The van der Waals surface area contributed by atoms with E-state index < -0.39 is 6.17 Å². The van der Waals surface area contributed by atoms with Crippen LogP contribution in [-0.2, 0) is 0 Å². The summed E-state index contributed by atoms with van der Waals surface area (Å²) in [4.78, 5) is 24.3. The number of alkyl halides is 1. The third-order valence-electron chi connectivity index (χ3n) is 5.98. The third-order valence-corrected chi connectivity index (χ3v) is 5.98. The molecule has 0 spiro atoms. The Morgan fingerprint density at radius 1 is 1.20 bits per heavy atom. The number of nitrogens with zero attached hydrogens (tertiary/aromatic N) is 5. The maximum Gasteiger partial charge on any atom is 0.254 e. The first kappa shape index (κ1) is 24.2. The summed E-state index contributed by atoms with van der Waals surface area (Å²) in [7, 11) is 3.38. The highest BCUT2D eigenvalue weighted by atomic mass is 35.5. The molecule has 1 aliphatic heterocycles. The number of anilines is 1. The van der Waals surface area contributed by atoms with Gasteiger partial charge in [-0.05, 0) is 42.3 Å². The van der Waals surface area contributed by atoms with Gasteiger partial charge < -0.3 is 14.2 Å². The van der Waals surface area contributed by atoms with Crippen molar-refractivity contribution in [1.29, 1.82) is 5.26 Å². The molecule has 178 valence electrons. The van der Waals surface area contributed by atoms with Crippen molar-refractivity contribution in [1.82, 2.24) is 14.9 Å². The van der Waals surface area contributed by atoms with E-state index in [0.29, 0.717) is 53.2 Å². The van der Waals surface area contributed by atoms with Gasteiger partial charge >= 0.3 is 0 Å². The van der Waals surface area contributed by atoms with Crippen molar-refractivity contribution in [2.75, 3.05) is 32.1 Å². The zero-order valence-corrected chi connectivity index (χ0v) is 20.1. The van der Waals surface area contributed by atoms with Crippen LogP contribution in [0.15, 0.2) is 59.3 Å². The number of nitriles is 1. The number of carbonyl (C=O) groups excluding carboxylic acids is 1. The highest BCUT2D eigenvalue weighted by molar-refractivity contribution is 5.94. The summed E-state index contributed by atoms with van der Waals surface area (Å²) in [5.74, 6) is 0.405. The molecular weight excluding hydrogens is 469 g/mol. The fourth-order valence-electron chi connectivity index (χ4n) is 4.22. The minimum absolute atomic E-state index is 0. The molecule has 7 nitrogen and oxygen atoms in total. The topological polar surface area (TPSA) is 86.3 Å². The average Bonchev–Trinajstić information content (AvgIpc) is 3.49. The van der Waals surface area contributed by atoms with E-state index in [4.69, 9.17) is 4.42 Å². The van der Waals surface area contributed by atoms with Crippen LogP contribution in [0.3, 0.4) is 0 Å². The Bertz CT molecular complexity index is 1430. The molecule has 35 heavy (non-hydrogen) atoms. The number of hydrogen-bond donors (Lipinski definition) is 0. The summed E-state index contributed by atoms with van der Waals surface area (Å²) in [6.07, 6.45) is 2.83. The Morgan fingerprint density at radius 3 is 2.69 bits per heavy atom. The van der Waals surface area contributed by atoms with E-state index in [1.54, 1.807) is 44.6 Å². The molecule has 1 saturated heterocycles. The van der Waals surface area contributed by atoms with Crippen LogP contribution >= 0.6 is 12.4 Å². The summed E-state index contributed by atoms with van der Waals surface area (Å²) >= 11 is 0. The second kappa shape index (κ2) is 9.72. The maximum absolute atomic E-state index is 13.7. The van der Waals surface area contributed by atoms with Crippen LogP contribution in [0, 0.1) is 11.3 Å². The molecular formula is C26H23ClFN5O2. The van der Waals surface area contributed by atoms with Crippen molar-refractivity contribution in [3.05, 3.63) is 66.0 Å². The van der Waals surface area contributed by atoms with Gasteiger partial charge in [-0.15, -0.1) is 12.4 Å². The molecule has 1 atom stereocenters. The Morgan fingerprint density at radius 2 is 2.03 bits per heavy atom. The Balaban J connectivity index is 0.00000289. The van der Waals surface area contributed by atoms with Gasteiger partial charge in [-0.3, -0.25) is 14.8 Å². The average molecular weight is 492 g/mol. The van der Waals surface area contributed by atoms with E-state index >= 15 is 0 Å². The van der Waals surface area contributed by atoms with Gasteiger partial charge in [0.25, 0.3) is 5.91 Å². The van der Waals surface area contributed by atoms with Gasteiger partial charge in [0, 0.05) is 51.2 Å². The largest absolute Gasteiger partial charge is 0.452 e. The maximum atomic E-state index is 13.7. The smallest absolute Gasteiger partial charge is 0.254 e. The molecule has 0 aliphatic carbocycles. The van der Waals surface area contributed by atoms with Gasteiger partial charge in [0.15, 0.2) is 11.3 Å². The summed E-state index contributed by atoms with van der Waals surface area (Å²) in [5.41, 5.74) is 5.15. The molecule has 9 heteroatoms. The molecule has 4 aromatic rings. The highest BCUT2D eigenvalue weighted by Gasteiger charge is 2.24. The molecule has 0 radical (unpaired) electrons. The molecule has 3 aromatic heterocycles. The first-order valence-electron chi connectivity index (χ1n) is 10.9. The Hall–Kier alpha value is -3.96. The van der Waals surface area contributed by atoms with Gasteiger partial charge in [-0.25, -0.2) is 4.39 Å². The van der Waals surface area contributed by atoms with Crippen molar-refractivity contribution in [2.24, 2.45) is 0 Å². The van der Waals surface area contributed by atoms with E-state index in [9.17, 15) is 14.4 Å². The lowest BCUT2D eigenvalue weighted by molar-refractivity contribution is 0.0827. The number of amides is 1. The van der Waals surface area contributed by atoms with Gasteiger partial charge in [0.1, 0.15) is 23.5 Å². The van der Waals surface area contributed by atoms with Gasteiger partial charge in [-0.1, -0.05) is 6.07 Å². The van der Waals surface area contributed by atoms with Crippen molar-refractivity contribution < 1.29 is 13.6 Å². The summed E-state index contributed by atoms with van der Waals surface area (Å²) in [6, 6.07) is 14.9. The molecule has 1 aromatic carbocycles. The first-order chi connectivity index (χ1) is 16.4. The van der Waals surface area contributed by atoms with E-state index in [-0.39, 0.29) is 18.3 Å². The van der Waals surface area contributed by atoms with Crippen molar-refractivity contribution in [2.45, 2.75) is 12.6 Å². The fraction of sp³-hybridized carbons (Fsp3) is 0.231. The molecule has 5 rings (SSSR count). The number of furan rings is 1. The molecule has 0 saturated carbocycles. The number of aromatic nitrogens is 2. The molecule has 1 amide bonds. The zero-order chi connectivity index (χ0) is 23.8.